The van der Waals surface area contributed by atoms with Gasteiger partial charge in [0, 0.05) is 19.0 Å². The Bertz CT molecular complexity index is 396. The molecule has 2 atom stereocenters. The number of hydrogen-bond acceptors (Lipinski definition) is 4. The monoisotopic (exact) mass is 271 g/mol. The molecule has 0 spiro atoms. The molecule has 8 nitrogen and oxygen atoms in total. The average molecular weight is 271 g/mol. The molecule has 2 rings (SSSR count). The Kier molecular flexibility index (Phi) is 3.89. The zero-order chi connectivity index (χ0) is 14.0. The lowest BCUT2D eigenvalue weighted by Gasteiger charge is -2.21. The molecule has 0 radical (unpaired) electrons. The molecule has 106 valence electrons. The third kappa shape index (κ3) is 3.57. The second-order valence-corrected chi connectivity index (χ2v) is 4.90. The van der Waals surface area contributed by atoms with Gasteiger partial charge in [-0.05, 0) is 12.8 Å². The molecule has 0 aromatic heterocycles. The third-order valence-electron chi connectivity index (χ3n) is 3.17. The molecule has 0 aromatic rings. The van der Waals surface area contributed by atoms with Crippen molar-refractivity contribution in [2.45, 2.75) is 37.5 Å². The van der Waals surface area contributed by atoms with Gasteiger partial charge in [-0.1, -0.05) is 0 Å². The molecule has 1 saturated carbocycles. The van der Waals surface area contributed by atoms with Crippen molar-refractivity contribution in [2.24, 2.45) is 0 Å². The van der Waals surface area contributed by atoms with Crippen molar-refractivity contribution in [3.05, 3.63) is 0 Å². The van der Waals surface area contributed by atoms with Crippen LogP contribution >= 0.6 is 0 Å². The summed E-state index contributed by atoms with van der Waals surface area (Å²) in [7, 11) is 0. The minimum atomic E-state index is -1.16. The first-order chi connectivity index (χ1) is 8.97. The van der Waals surface area contributed by atoms with Crippen LogP contribution in [0, 0.1) is 0 Å². The van der Waals surface area contributed by atoms with E-state index in [4.69, 9.17) is 5.11 Å². The summed E-state index contributed by atoms with van der Waals surface area (Å²) >= 11 is 0. The van der Waals surface area contributed by atoms with Gasteiger partial charge < -0.3 is 25.7 Å². The van der Waals surface area contributed by atoms with Crippen LogP contribution < -0.4 is 10.6 Å². The molecule has 2 aliphatic rings. The number of carbonyl (C=O) groups is 3. The predicted molar refractivity (Wildman–Crippen MR) is 63.3 cm³/mol. The molecule has 1 aliphatic carbocycles. The van der Waals surface area contributed by atoms with Crippen LogP contribution in [0.4, 0.5) is 4.79 Å². The molecule has 1 saturated heterocycles. The third-order valence-corrected chi connectivity index (χ3v) is 3.17. The number of urea groups is 1. The number of nitrogens with zero attached hydrogens (tertiary/aromatic N) is 1. The van der Waals surface area contributed by atoms with Gasteiger partial charge in [-0.2, -0.15) is 0 Å². The highest BCUT2D eigenvalue weighted by atomic mass is 16.4. The number of nitrogens with one attached hydrogen (secondary N) is 2. The number of hydrogen-bond donors (Lipinski definition) is 4. The van der Waals surface area contributed by atoms with Crippen LogP contribution in [0.5, 0.6) is 0 Å². The second kappa shape index (κ2) is 5.43. The van der Waals surface area contributed by atoms with Crippen molar-refractivity contribution in [2.75, 3.05) is 13.1 Å². The molecule has 0 aromatic carbocycles. The summed E-state index contributed by atoms with van der Waals surface area (Å²) in [6, 6.07) is -1.47. The van der Waals surface area contributed by atoms with Crippen LogP contribution in [0.2, 0.25) is 0 Å². The number of rotatable bonds is 4. The number of likely N-dealkylation sites (tertiary alicyclic amines) is 1. The van der Waals surface area contributed by atoms with E-state index in [1.807, 2.05) is 0 Å². The SMILES string of the molecule is O=C(CNC(=O)N1C[C@@H](O)C[C@H]1C(=O)O)NC1CC1. The Labute approximate surface area is 109 Å². The van der Waals surface area contributed by atoms with Gasteiger partial charge in [-0.15, -0.1) is 0 Å². The number of carbonyl (C=O) groups excluding carboxylic acids is 2. The van der Waals surface area contributed by atoms with Gasteiger partial charge in [0.15, 0.2) is 0 Å². The number of β-amino-alcohol motifs (C(OH)–C–C–N with tert-alkyl or cyclic N) is 1. The minimum Gasteiger partial charge on any atom is -0.480 e. The van der Waals surface area contributed by atoms with Crippen molar-refractivity contribution < 1.29 is 24.6 Å². The van der Waals surface area contributed by atoms with E-state index in [9.17, 15) is 19.5 Å². The normalized spacial score (nSPS) is 26.1. The molecule has 19 heavy (non-hydrogen) atoms. The Hall–Kier alpha value is -1.83. The van der Waals surface area contributed by atoms with E-state index < -0.39 is 24.1 Å². The first-order valence-corrected chi connectivity index (χ1v) is 6.22. The summed E-state index contributed by atoms with van der Waals surface area (Å²) in [6.07, 6.45) is 1.09. The lowest BCUT2D eigenvalue weighted by Crippen LogP contribution is -2.48. The molecule has 8 heteroatoms. The van der Waals surface area contributed by atoms with Crippen LogP contribution in [0.15, 0.2) is 0 Å². The van der Waals surface area contributed by atoms with Gasteiger partial charge in [-0.25, -0.2) is 9.59 Å². The van der Waals surface area contributed by atoms with Gasteiger partial charge in [0.2, 0.25) is 5.91 Å². The van der Waals surface area contributed by atoms with E-state index in [0.29, 0.717) is 0 Å². The molecule has 0 unspecified atom stereocenters. The quantitative estimate of drug-likeness (QED) is 0.496. The maximum atomic E-state index is 11.8. The van der Waals surface area contributed by atoms with E-state index in [-0.39, 0.29) is 31.5 Å². The summed E-state index contributed by atoms with van der Waals surface area (Å²) in [5.74, 6) is -1.45. The molecule has 4 N–H and O–H groups in total. The van der Waals surface area contributed by atoms with Gasteiger partial charge >= 0.3 is 12.0 Å². The number of carboxylic acid groups (broad SMARTS) is 1. The van der Waals surface area contributed by atoms with E-state index in [1.165, 1.54) is 0 Å². The molecule has 2 fully saturated rings. The number of amides is 3. The minimum absolute atomic E-state index is 0.0109. The van der Waals surface area contributed by atoms with Gasteiger partial charge in [0.1, 0.15) is 6.04 Å². The number of aliphatic carboxylic acids is 1. The maximum absolute atomic E-state index is 11.8. The van der Waals surface area contributed by atoms with E-state index >= 15 is 0 Å². The van der Waals surface area contributed by atoms with Crippen LogP contribution in [-0.2, 0) is 9.59 Å². The van der Waals surface area contributed by atoms with Crippen molar-refractivity contribution in [3.63, 3.8) is 0 Å². The predicted octanol–water partition coefficient (Wildman–Crippen LogP) is -1.51. The van der Waals surface area contributed by atoms with E-state index in [2.05, 4.69) is 10.6 Å². The zero-order valence-corrected chi connectivity index (χ0v) is 10.3. The lowest BCUT2D eigenvalue weighted by atomic mass is 10.2. The Balaban J connectivity index is 1.80. The highest BCUT2D eigenvalue weighted by Crippen LogP contribution is 2.19. The highest BCUT2D eigenvalue weighted by Gasteiger charge is 2.39. The number of aliphatic hydroxyl groups is 1. The first-order valence-electron chi connectivity index (χ1n) is 6.22. The fourth-order valence-corrected chi connectivity index (χ4v) is 2.04. The lowest BCUT2D eigenvalue weighted by molar-refractivity contribution is -0.141. The first kappa shape index (κ1) is 13.6. The van der Waals surface area contributed by atoms with Gasteiger partial charge in [0.05, 0.1) is 12.6 Å². The van der Waals surface area contributed by atoms with E-state index in [1.54, 1.807) is 0 Å². The topological polar surface area (TPSA) is 119 Å². The molecule has 3 amide bonds. The summed E-state index contributed by atoms with van der Waals surface area (Å²) in [5.41, 5.74) is 0. The smallest absolute Gasteiger partial charge is 0.326 e. The molecule has 1 heterocycles. The van der Waals surface area contributed by atoms with Crippen molar-refractivity contribution in [1.82, 2.24) is 15.5 Å². The Morgan fingerprint density at radius 3 is 2.53 bits per heavy atom. The average Bonchev–Trinajstić information content (AvgIpc) is 3.05. The summed E-state index contributed by atoms with van der Waals surface area (Å²) in [6.45, 7) is -0.221. The molecule has 1 aliphatic heterocycles. The fourth-order valence-electron chi connectivity index (χ4n) is 2.04. The van der Waals surface area contributed by atoms with Crippen molar-refractivity contribution >= 4 is 17.9 Å². The largest absolute Gasteiger partial charge is 0.480 e. The van der Waals surface area contributed by atoms with Crippen molar-refractivity contribution in [3.8, 4) is 0 Å². The summed E-state index contributed by atoms with van der Waals surface area (Å²) in [5, 5.41) is 23.4. The number of carboxylic acids is 1. The van der Waals surface area contributed by atoms with E-state index in [0.717, 1.165) is 17.7 Å². The van der Waals surface area contributed by atoms with Gasteiger partial charge in [-0.3, -0.25) is 4.79 Å². The molecular formula is C11H17N3O5. The maximum Gasteiger partial charge on any atom is 0.326 e. The number of aliphatic hydroxyl groups excluding tert-OH is 1. The van der Waals surface area contributed by atoms with Crippen LogP contribution in [0.3, 0.4) is 0 Å². The molecular weight excluding hydrogens is 254 g/mol. The Morgan fingerprint density at radius 1 is 1.26 bits per heavy atom. The Morgan fingerprint density at radius 2 is 1.95 bits per heavy atom. The zero-order valence-electron chi connectivity index (χ0n) is 10.3. The summed E-state index contributed by atoms with van der Waals surface area (Å²) in [4.78, 5) is 35.1. The fraction of sp³-hybridized carbons (Fsp3) is 0.727. The second-order valence-electron chi connectivity index (χ2n) is 4.90. The molecule has 0 bridgehead atoms. The van der Waals surface area contributed by atoms with Crippen molar-refractivity contribution in [1.29, 1.82) is 0 Å². The van der Waals surface area contributed by atoms with Crippen LogP contribution in [0.25, 0.3) is 0 Å². The van der Waals surface area contributed by atoms with Crippen LogP contribution in [-0.4, -0.2) is 64.3 Å². The standard InChI is InChI=1S/C11H17N3O5/c15-7-3-8(10(17)18)14(5-7)11(19)12-4-9(16)13-6-1-2-6/h6-8,15H,1-5H2,(H,12,19)(H,13,16)(H,17,18)/t7-,8-/m0/s1. The highest BCUT2D eigenvalue weighted by molar-refractivity contribution is 5.87. The van der Waals surface area contributed by atoms with Gasteiger partial charge in [0.25, 0.3) is 0 Å². The van der Waals surface area contributed by atoms with Crippen LogP contribution in [0.1, 0.15) is 19.3 Å². The summed E-state index contributed by atoms with van der Waals surface area (Å²) < 4.78 is 0.